The number of carbonyl (C=O) groups is 2. The van der Waals surface area contributed by atoms with Crippen LogP contribution in [0, 0.1) is 0 Å². The fourth-order valence-corrected chi connectivity index (χ4v) is 5.47. The number of nitrogens with zero attached hydrogens (tertiary/aromatic N) is 1. The molecule has 0 spiro atoms. The zero-order valence-corrected chi connectivity index (χ0v) is 19.1. The second-order valence-electron chi connectivity index (χ2n) is 7.84. The van der Waals surface area contributed by atoms with E-state index in [4.69, 9.17) is 21.1 Å². The van der Waals surface area contributed by atoms with Crippen molar-refractivity contribution in [1.82, 2.24) is 9.62 Å². The number of ether oxygens (including phenoxy) is 2. The lowest BCUT2D eigenvalue weighted by atomic mass is 9.97. The van der Waals surface area contributed by atoms with Crippen LogP contribution in [0.5, 0.6) is 0 Å². The molecule has 1 heterocycles. The number of esters is 1. The van der Waals surface area contributed by atoms with E-state index < -0.39 is 22.6 Å². The normalized spacial score (nSPS) is 19.3. The van der Waals surface area contributed by atoms with Crippen LogP contribution in [0.3, 0.4) is 0 Å². The van der Waals surface area contributed by atoms with Gasteiger partial charge in [0.2, 0.25) is 10.0 Å². The van der Waals surface area contributed by atoms with Gasteiger partial charge in [0, 0.05) is 19.1 Å². The first-order valence-electron chi connectivity index (χ1n) is 10.7. The highest BCUT2D eigenvalue weighted by Gasteiger charge is 2.28. The minimum Gasteiger partial charge on any atom is -0.452 e. The molecular formula is C21H29ClN2O6S. The number of hydrogen-bond donors (Lipinski definition) is 1. The standard InChI is InChI=1S/C21H29ClN2O6S/c22-19-9-8-17(31(27,28)24-10-12-29-13-11-24)14-18(19)21(26)30-15-20(25)23-16-6-4-2-1-3-5-7-16/h8-9,14,16H,1-7,10-13,15H2,(H,23,25). The van der Waals surface area contributed by atoms with Crippen LogP contribution in [0.4, 0.5) is 0 Å². The maximum Gasteiger partial charge on any atom is 0.340 e. The lowest BCUT2D eigenvalue weighted by molar-refractivity contribution is -0.125. The second-order valence-corrected chi connectivity index (χ2v) is 10.2. The summed E-state index contributed by atoms with van der Waals surface area (Å²) in [5, 5.41) is 2.98. The number of halogens is 1. The molecule has 8 nitrogen and oxygen atoms in total. The molecule has 0 unspecified atom stereocenters. The van der Waals surface area contributed by atoms with Gasteiger partial charge in [-0.3, -0.25) is 4.79 Å². The van der Waals surface area contributed by atoms with Crippen LogP contribution < -0.4 is 5.32 Å². The molecule has 0 bridgehead atoms. The van der Waals surface area contributed by atoms with Gasteiger partial charge in [0.25, 0.3) is 5.91 Å². The number of hydrogen-bond acceptors (Lipinski definition) is 6. The number of nitrogens with one attached hydrogen (secondary N) is 1. The number of morpholine rings is 1. The zero-order valence-electron chi connectivity index (χ0n) is 17.5. The fraction of sp³-hybridized carbons (Fsp3) is 0.619. The molecule has 1 saturated heterocycles. The van der Waals surface area contributed by atoms with Crippen molar-refractivity contribution < 1.29 is 27.5 Å². The van der Waals surface area contributed by atoms with Crippen LogP contribution in [0.1, 0.15) is 55.3 Å². The topological polar surface area (TPSA) is 102 Å². The smallest absolute Gasteiger partial charge is 0.340 e. The van der Waals surface area contributed by atoms with Gasteiger partial charge in [0.15, 0.2) is 6.61 Å². The zero-order chi connectivity index (χ0) is 22.3. The Morgan fingerprint density at radius 3 is 2.42 bits per heavy atom. The van der Waals surface area contributed by atoms with Gasteiger partial charge in [-0.15, -0.1) is 0 Å². The average Bonchev–Trinajstić information content (AvgIpc) is 2.74. The average molecular weight is 473 g/mol. The Bertz CT molecular complexity index is 878. The Morgan fingerprint density at radius 1 is 1.10 bits per heavy atom. The number of rotatable bonds is 6. The van der Waals surface area contributed by atoms with E-state index in [1.807, 2.05) is 0 Å². The fourth-order valence-electron chi connectivity index (χ4n) is 3.84. The van der Waals surface area contributed by atoms with E-state index in [9.17, 15) is 18.0 Å². The first kappa shape index (κ1) is 24.0. The molecular weight excluding hydrogens is 444 g/mol. The third kappa shape index (κ3) is 6.65. The van der Waals surface area contributed by atoms with Gasteiger partial charge in [0.05, 0.1) is 28.7 Å². The Hall–Kier alpha value is -1.68. The van der Waals surface area contributed by atoms with Crippen molar-refractivity contribution in [1.29, 1.82) is 0 Å². The molecule has 1 amide bonds. The molecule has 31 heavy (non-hydrogen) atoms. The second kappa shape index (κ2) is 11.3. The van der Waals surface area contributed by atoms with Gasteiger partial charge in [-0.2, -0.15) is 4.31 Å². The first-order valence-corrected chi connectivity index (χ1v) is 12.5. The molecule has 2 fully saturated rings. The minimum atomic E-state index is -3.78. The van der Waals surface area contributed by atoms with Gasteiger partial charge in [-0.1, -0.05) is 43.7 Å². The van der Waals surface area contributed by atoms with Crippen molar-refractivity contribution in [3.05, 3.63) is 28.8 Å². The highest BCUT2D eigenvalue weighted by Crippen LogP contribution is 2.24. The lowest BCUT2D eigenvalue weighted by Gasteiger charge is -2.26. The highest BCUT2D eigenvalue weighted by atomic mass is 35.5. The minimum absolute atomic E-state index is 0.0512. The molecule has 0 aromatic heterocycles. The van der Waals surface area contributed by atoms with Crippen LogP contribution in [0.15, 0.2) is 23.1 Å². The van der Waals surface area contributed by atoms with Crippen molar-refractivity contribution >= 4 is 33.5 Å². The van der Waals surface area contributed by atoms with Crippen molar-refractivity contribution in [2.24, 2.45) is 0 Å². The van der Waals surface area contributed by atoms with Gasteiger partial charge in [0.1, 0.15) is 0 Å². The van der Waals surface area contributed by atoms with Crippen LogP contribution in [0.2, 0.25) is 5.02 Å². The van der Waals surface area contributed by atoms with E-state index in [0.717, 1.165) is 25.7 Å². The molecule has 1 N–H and O–H groups in total. The predicted molar refractivity (Wildman–Crippen MR) is 116 cm³/mol. The molecule has 2 aliphatic rings. The SMILES string of the molecule is O=C(COC(=O)c1cc(S(=O)(=O)N2CCOCC2)ccc1Cl)NC1CCCCCCC1. The number of amides is 1. The van der Waals surface area contributed by atoms with Crippen molar-refractivity contribution in [3.8, 4) is 0 Å². The largest absolute Gasteiger partial charge is 0.452 e. The van der Waals surface area contributed by atoms with Crippen molar-refractivity contribution in [2.45, 2.75) is 55.9 Å². The summed E-state index contributed by atoms with van der Waals surface area (Å²) >= 11 is 6.10. The summed E-state index contributed by atoms with van der Waals surface area (Å²) in [6.45, 7) is 0.680. The molecule has 1 aromatic rings. The molecule has 10 heteroatoms. The summed E-state index contributed by atoms with van der Waals surface area (Å²) in [6, 6.07) is 3.99. The lowest BCUT2D eigenvalue weighted by Crippen LogP contribution is -2.40. The van der Waals surface area contributed by atoms with E-state index >= 15 is 0 Å². The van der Waals surface area contributed by atoms with Gasteiger partial charge >= 0.3 is 5.97 Å². The van der Waals surface area contributed by atoms with Crippen LogP contribution in [0.25, 0.3) is 0 Å². The predicted octanol–water partition coefficient (Wildman–Crippen LogP) is 2.75. The molecule has 0 radical (unpaired) electrons. The Morgan fingerprint density at radius 2 is 1.74 bits per heavy atom. The third-order valence-corrected chi connectivity index (χ3v) is 7.79. The maximum absolute atomic E-state index is 12.8. The molecule has 172 valence electrons. The van der Waals surface area contributed by atoms with Crippen molar-refractivity contribution in [2.75, 3.05) is 32.9 Å². The van der Waals surface area contributed by atoms with Crippen LogP contribution in [-0.2, 0) is 24.3 Å². The van der Waals surface area contributed by atoms with Gasteiger partial charge < -0.3 is 14.8 Å². The van der Waals surface area contributed by atoms with E-state index in [1.165, 1.54) is 41.8 Å². The maximum atomic E-state index is 12.8. The summed E-state index contributed by atoms with van der Waals surface area (Å²) in [5.41, 5.74) is -0.0882. The van der Waals surface area contributed by atoms with Gasteiger partial charge in [-0.25, -0.2) is 13.2 Å². The van der Waals surface area contributed by atoms with E-state index in [1.54, 1.807) is 0 Å². The number of carbonyl (C=O) groups excluding carboxylic acids is 2. The number of sulfonamides is 1. The quantitative estimate of drug-likeness (QED) is 0.639. The monoisotopic (exact) mass is 472 g/mol. The molecule has 1 aliphatic carbocycles. The summed E-state index contributed by atoms with van der Waals surface area (Å²) in [4.78, 5) is 24.7. The third-order valence-electron chi connectivity index (χ3n) is 5.57. The summed E-state index contributed by atoms with van der Waals surface area (Å²) in [6.07, 6.45) is 7.57. The number of benzene rings is 1. The Labute approximate surface area is 188 Å². The van der Waals surface area contributed by atoms with E-state index in [-0.39, 0.29) is 40.5 Å². The Kier molecular flexibility index (Phi) is 8.71. The molecule has 1 aliphatic heterocycles. The highest BCUT2D eigenvalue weighted by molar-refractivity contribution is 7.89. The summed E-state index contributed by atoms with van der Waals surface area (Å²) in [5.74, 6) is -1.20. The van der Waals surface area contributed by atoms with E-state index in [2.05, 4.69) is 5.32 Å². The van der Waals surface area contributed by atoms with Crippen LogP contribution >= 0.6 is 11.6 Å². The molecule has 1 aromatic carbocycles. The van der Waals surface area contributed by atoms with Crippen molar-refractivity contribution in [3.63, 3.8) is 0 Å². The van der Waals surface area contributed by atoms with E-state index in [0.29, 0.717) is 13.2 Å². The van der Waals surface area contributed by atoms with Crippen LogP contribution in [-0.4, -0.2) is 63.6 Å². The summed E-state index contributed by atoms with van der Waals surface area (Å²) < 4.78 is 37.3. The first-order chi connectivity index (χ1) is 14.9. The molecule has 1 saturated carbocycles. The summed E-state index contributed by atoms with van der Waals surface area (Å²) in [7, 11) is -3.78. The Balaban J connectivity index is 1.60. The van der Waals surface area contributed by atoms with Gasteiger partial charge in [-0.05, 0) is 31.0 Å². The molecule has 3 rings (SSSR count). The molecule has 0 atom stereocenters.